The Labute approximate surface area is 153 Å². The molecule has 27 heavy (non-hydrogen) atoms. The first kappa shape index (κ1) is 16.5. The zero-order chi connectivity index (χ0) is 18.8. The van der Waals surface area contributed by atoms with Gasteiger partial charge in [0.2, 0.25) is 0 Å². The second-order valence-electron chi connectivity index (χ2n) is 5.87. The number of nitrogens with one attached hydrogen (secondary N) is 1. The van der Waals surface area contributed by atoms with E-state index in [1.807, 2.05) is 30.3 Å². The van der Waals surface area contributed by atoms with Crippen molar-refractivity contribution in [2.75, 3.05) is 5.32 Å². The minimum Gasteiger partial charge on any atom is -0.355 e. The summed E-state index contributed by atoms with van der Waals surface area (Å²) in [5.41, 5.74) is 2.16. The predicted molar refractivity (Wildman–Crippen MR) is 100 cm³/mol. The van der Waals surface area contributed by atoms with E-state index in [-0.39, 0.29) is 11.6 Å². The van der Waals surface area contributed by atoms with Crippen molar-refractivity contribution in [2.24, 2.45) is 0 Å². The molecule has 4 aromatic rings. The molecule has 0 unspecified atom stereocenters. The van der Waals surface area contributed by atoms with Crippen LogP contribution in [0, 0.1) is 10.1 Å². The zero-order valence-corrected chi connectivity index (χ0v) is 14.0. The number of hydrogen-bond donors (Lipinski definition) is 1. The molecule has 0 saturated heterocycles. The third-order valence-electron chi connectivity index (χ3n) is 4.09. The lowest BCUT2D eigenvalue weighted by Gasteiger charge is -2.05. The van der Waals surface area contributed by atoms with Gasteiger partial charge in [0, 0.05) is 28.9 Å². The van der Waals surface area contributed by atoms with Crippen LogP contribution < -0.4 is 5.32 Å². The number of aromatic nitrogens is 1. The minimum atomic E-state index is -0.509. The van der Waals surface area contributed by atoms with Crippen LogP contribution in [0.3, 0.4) is 0 Å². The van der Waals surface area contributed by atoms with Gasteiger partial charge in [0.1, 0.15) is 5.52 Å². The average molecular weight is 359 g/mol. The number of carbonyl (C=O) groups excluding carboxylic acids is 1. The summed E-state index contributed by atoms with van der Waals surface area (Å²) in [6, 6.07) is 20.3. The number of rotatable bonds is 4. The molecule has 0 aliphatic heterocycles. The average Bonchev–Trinajstić information content (AvgIpc) is 3.12. The minimum absolute atomic E-state index is 0.0892. The van der Waals surface area contributed by atoms with E-state index in [9.17, 15) is 14.9 Å². The highest BCUT2D eigenvalue weighted by Crippen LogP contribution is 2.29. The Kier molecular flexibility index (Phi) is 4.10. The van der Waals surface area contributed by atoms with Crippen molar-refractivity contribution in [1.29, 1.82) is 0 Å². The molecule has 0 fully saturated rings. The topological polar surface area (TPSA) is 98.3 Å². The highest BCUT2D eigenvalue weighted by atomic mass is 16.6. The molecule has 7 nitrogen and oxygen atoms in total. The van der Waals surface area contributed by atoms with Crippen LogP contribution in [0.2, 0.25) is 0 Å². The van der Waals surface area contributed by atoms with Gasteiger partial charge >= 0.3 is 0 Å². The normalized spacial score (nSPS) is 10.7. The summed E-state index contributed by atoms with van der Waals surface area (Å²) in [5.74, 6) is 0.202. The second kappa shape index (κ2) is 6.72. The molecule has 1 N–H and O–H groups in total. The molecule has 1 heterocycles. The maximum atomic E-state index is 12.6. The fourth-order valence-electron chi connectivity index (χ4n) is 2.78. The van der Waals surface area contributed by atoms with Gasteiger partial charge in [-0.2, -0.15) is 0 Å². The lowest BCUT2D eigenvalue weighted by Crippen LogP contribution is -2.11. The van der Waals surface area contributed by atoms with Gasteiger partial charge in [0.15, 0.2) is 5.76 Å². The van der Waals surface area contributed by atoms with E-state index < -0.39 is 4.92 Å². The van der Waals surface area contributed by atoms with Crippen LogP contribution in [0.15, 0.2) is 77.3 Å². The van der Waals surface area contributed by atoms with Crippen molar-refractivity contribution in [2.45, 2.75) is 0 Å². The van der Waals surface area contributed by atoms with E-state index in [0.29, 0.717) is 27.9 Å². The maximum Gasteiger partial charge on any atom is 0.271 e. The molecular weight excluding hydrogens is 346 g/mol. The first-order chi connectivity index (χ1) is 13.1. The lowest BCUT2D eigenvalue weighted by molar-refractivity contribution is -0.384. The van der Waals surface area contributed by atoms with Crippen LogP contribution in [0.25, 0.3) is 22.2 Å². The highest BCUT2D eigenvalue weighted by molar-refractivity contribution is 6.07. The first-order valence-electron chi connectivity index (χ1n) is 8.12. The summed E-state index contributed by atoms with van der Waals surface area (Å²) in [5, 5.41) is 18.3. The summed E-state index contributed by atoms with van der Waals surface area (Å²) in [6.45, 7) is 0. The molecule has 0 saturated carbocycles. The molecule has 0 atom stereocenters. The molecule has 0 spiro atoms. The Morgan fingerprint density at radius 3 is 2.59 bits per heavy atom. The number of non-ortho nitro benzene ring substituents is 1. The number of carbonyl (C=O) groups is 1. The van der Waals surface area contributed by atoms with E-state index in [2.05, 4.69) is 10.5 Å². The Morgan fingerprint density at radius 2 is 1.81 bits per heavy atom. The Morgan fingerprint density at radius 1 is 1.00 bits per heavy atom. The summed E-state index contributed by atoms with van der Waals surface area (Å²) >= 11 is 0. The van der Waals surface area contributed by atoms with Crippen molar-refractivity contribution < 1.29 is 14.2 Å². The van der Waals surface area contributed by atoms with Crippen molar-refractivity contribution in [1.82, 2.24) is 5.16 Å². The standard InChI is InChI=1S/C20H13N3O4/c24-20(21-15-7-4-8-16(12-15)23(25)26)14-9-10-18-17(11-14)19(27-22-18)13-5-2-1-3-6-13/h1-12H,(H,21,24). The van der Waals surface area contributed by atoms with Crippen LogP contribution in [0.1, 0.15) is 10.4 Å². The molecule has 1 amide bonds. The largest absolute Gasteiger partial charge is 0.355 e. The molecule has 0 bridgehead atoms. The molecule has 0 aliphatic carbocycles. The number of amides is 1. The van der Waals surface area contributed by atoms with Gasteiger partial charge in [0.25, 0.3) is 11.6 Å². The smallest absolute Gasteiger partial charge is 0.271 e. The number of hydrogen-bond acceptors (Lipinski definition) is 5. The summed E-state index contributed by atoms with van der Waals surface area (Å²) < 4.78 is 5.44. The predicted octanol–water partition coefficient (Wildman–Crippen LogP) is 4.66. The quantitative estimate of drug-likeness (QED) is 0.422. The number of nitrogens with zero attached hydrogens (tertiary/aromatic N) is 2. The van der Waals surface area contributed by atoms with E-state index in [1.165, 1.54) is 18.2 Å². The molecular formula is C20H13N3O4. The molecule has 7 heteroatoms. The van der Waals surface area contributed by atoms with E-state index >= 15 is 0 Å². The fourth-order valence-corrected chi connectivity index (χ4v) is 2.78. The molecule has 1 aromatic heterocycles. The molecule has 0 aliphatic rings. The van der Waals surface area contributed by atoms with Gasteiger partial charge in [-0.1, -0.05) is 41.6 Å². The summed E-state index contributed by atoms with van der Waals surface area (Å²) in [6.07, 6.45) is 0. The van der Waals surface area contributed by atoms with Gasteiger partial charge in [-0.05, 0) is 24.3 Å². The van der Waals surface area contributed by atoms with Crippen molar-refractivity contribution in [3.05, 3.63) is 88.5 Å². The SMILES string of the molecule is O=C(Nc1cccc([N+](=O)[O-])c1)c1ccc2noc(-c3ccccc3)c2c1. The molecule has 132 valence electrons. The monoisotopic (exact) mass is 359 g/mol. The Hall–Kier alpha value is -4.00. The number of fused-ring (bicyclic) bond motifs is 1. The van der Waals surface area contributed by atoms with Crippen molar-refractivity contribution in [3.8, 4) is 11.3 Å². The Bertz CT molecular complexity index is 1150. The third-order valence-corrected chi connectivity index (χ3v) is 4.09. The van der Waals surface area contributed by atoms with Gasteiger partial charge in [-0.15, -0.1) is 0 Å². The van der Waals surface area contributed by atoms with Gasteiger partial charge in [0.05, 0.1) is 10.3 Å². The highest BCUT2D eigenvalue weighted by Gasteiger charge is 2.15. The summed E-state index contributed by atoms with van der Waals surface area (Å²) in [7, 11) is 0. The van der Waals surface area contributed by atoms with E-state index in [1.54, 1.807) is 24.3 Å². The fraction of sp³-hybridized carbons (Fsp3) is 0. The second-order valence-corrected chi connectivity index (χ2v) is 5.87. The first-order valence-corrected chi connectivity index (χ1v) is 8.12. The van der Waals surface area contributed by atoms with Crippen LogP contribution in [0.4, 0.5) is 11.4 Å². The number of nitro groups is 1. The van der Waals surface area contributed by atoms with Crippen LogP contribution in [0.5, 0.6) is 0 Å². The Balaban J connectivity index is 1.66. The van der Waals surface area contributed by atoms with Crippen LogP contribution in [-0.4, -0.2) is 16.0 Å². The number of anilines is 1. The van der Waals surface area contributed by atoms with Crippen LogP contribution >= 0.6 is 0 Å². The lowest BCUT2D eigenvalue weighted by atomic mass is 10.1. The van der Waals surface area contributed by atoms with Crippen molar-refractivity contribution >= 4 is 28.2 Å². The molecule has 4 rings (SSSR count). The maximum absolute atomic E-state index is 12.6. The molecule has 0 radical (unpaired) electrons. The molecule has 3 aromatic carbocycles. The zero-order valence-electron chi connectivity index (χ0n) is 14.0. The summed E-state index contributed by atoms with van der Waals surface area (Å²) in [4.78, 5) is 22.9. The number of nitro benzene ring substituents is 1. The van der Waals surface area contributed by atoms with Crippen LogP contribution in [-0.2, 0) is 0 Å². The van der Waals surface area contributed by atoms with Gasteiger partial charge in [-0.3, -0.25) is 14.9 Å². The van der Waals surface area contributed by atoms with Gasteiger partial charge in [-0.25, -0.2) is 0 Å². The number of benzene rings is 3. The van der Waals surface area contributed by atoms with Crippen molar-refractivity contribution in [3.63, 3.8) is 0 Å². The van der Waals surface area contributed by atoms with Gasteiger partial charge < -0.3 is 9.84 Å². The van der Waals surface area contributed by atoms with E-state index in [0.717, 1.165) is 5.56 Å². The van der Waals surface area contributed by atoms with E-state index in [4.69, 9.17) is 4.52 Å². The third kappa shape index (κ3) is 3.25.